The van der Waals surface area contributed by atoms with E-state index in [-0.39, 0.29) is 10.6 Å². The van der Waals surface area contributed by atoms with Crippen LogP contribution in [0.25, 0.3) is 0 Å². The highest BCUT2D eigenvalue weighted by atomic mass is 32.2. The minimum absolute atomic E-state index is 0.0211. The van der Waals surface area contributed by atoms with E-state index in [0.29, 0.717) is 17.9 Å². The Morgan fingerprint density at radius 2 is 1.88 bits per heavy atom. The first kappa shape index (κ1) is 19.8. The van der Waals surface area contributed by atoms with Crippen molar-refractivity contribution in [3.05, 3.63) is 53.6 Å². The van der Waals surface area contributed by atoms with Crippen LogP contribution in [0.1, 0.15) is 37.8 Å². The van der Waals surface area contributed by atoms with E-state index >= 15 is 0 Å². The second kappa shape index (κ2) is 9.24. The van der Waals surface area contributed by atoms with Crippen molar-refractivity contribution in [2.75, 3.05) is 6.61 Å². The number of aryl methyl sites for hydroxylation is 1. The van der Waals surface area contributed by atoms with Gasteiger partial charge in [-0.3, -0.25) is 0 Å². The molecule has 0 aliphatic carbocycles. The predicted molar refractivity (Wildman–Crippen MR) is 102 cm³/mol. The molecule has 140 valence electrons. The molecule has 0 unspecified atom stereocenters. The Hall–Kier alpha value is -2.54. The van der Waals surface area contributed by atoms with Crippen LogP contribution >= 0.6 is 0 Å². The van der Waals surface area contributed by atoms with Gasteiger partial charge < -0.3 is 9.84 Å². The Balaban J connectivity index is 2.05. The summed E-state index contributed by atoms with van der Waals surface area (Å²) in [6.07, 6.45) is 4.46. The molecule has 0 fully saturated rings. The molecule has 0 spiro atoms. The lowest BCUT2D eigenvalue weighted by molar-refractivity contribution is 0.318. The molecule has 0 aliphatic rings. The maximum absolute atomic E-state index is 12.3. The molecular weight excluding hydrogens is 352 g/mol. The molecule has 2 N–H and O–H groups in total. The summed E-state index contributed by atoms with van der Waals surface area (Å²) in [5.74, 6) is 0.342. The van der Waals surface area contributed by atoms with Crippen molar-refractivity contribution in [3.63, 3.8) is 0 Å². The predicted octanol–water partition coefficient (Wildman–Crippen LogP) is 3.45. The molecule has 0 bridgehead atoms. The van der Waals surface area contributed by atoms with E-state index in [9.17, 15) is 13.5 Å². The minimum atomic E-state index is -3.72. The van der Waals surface area contributed by atoms with E-state index in [0.717, 1.165) is 24.8 Å². The summed E-state index contributed by atoms with van der Waals surface area (Å²) >= 11 is 0. The first-order valence-corrected chi connectivity index (χ1v) is 10.0. The van der Waals surface area contributed by atoms with Gasteiger partial charge in [0.25, 0.3) is 10.0 Å². The number of hydrogen-bond acceptors (Lipinski definition) is 5. The largest absolute Gasteiger partial charge is 0.504 e. The van der Waals surface area contributed by atoms with Crippen molar-refractivity contribution >= 4 is 16.2 Å². The SMILES string of the molecule is CCCCc1ccc(S(=O)(=O)NN=Cc2ccc(O)c(OCC)c2)cc1. The van der Waals surface area contributed by atoms with Crippen LogP contribution in [0.3, 0.4) is 0 Å². The van der Waals surface area contributed by atoms with Crippen LogP contribution in [0.4, 0.5) is 0 Å². The molecule has 6 nitrogen and oxygen atoms in total. The number of sulfonamides is 1. The van der Waals surface area contributed by atoms with Crippen LogP contribution < -0.4 is 9.57 Å². The first-order chi connectivity index (χ1) is 12.5. The summed E-state index contributed by atoms with van der Waals surface area (Å²) in [5.41, 5.74) is 1.71. The van der Waals surface area contributed by atoms with E-state index in [2.05, 4.69) is 16.9 Å². The zero-order valence-corrected chi connectivity index (χ0v) is 15.8. The topological polar surface area (TPSA) is 88.0 Å². The number of rotatable bonds is 9. The van der Waals surface area contributed by atoms with Crippen LogP contribution in [0.5, 0.6) is 11.5 Å². The smallest absolute Gasteiger partial charge is 0.276 e. The van der Waals surface area contributed by atoms with Gasteiger partial charge in [0, 0.05) is 0 Å². The summed E-state index contributed by atoms with van der Waals surface area (Å²) in [6, 6.07) is 11.5. The molecule has 0 saturated heterocycles. The number of nitrogens with one attached hydrogen (secondary N) is 1. The zero-order chi connectivity index (χ0) is 19.0. The van der Waals surface area contributed by atoms with E-state index in [1.807, 2.05) is 19.1 Å². The van der Waals surface area contributed by atoms with Gasteiger partial charge in [0.15, 0.2) is 11.5 Å². The van der Waals surface area contributed by atoms with Crippen molar-refractivity contribution in [2.24, 2.45) is 5.10 Å². The monoisotopic (exact) mass is 376 g/mol. The number of ether oxygens (including phenoxy) is 1. The molecule has 0 heterocycles. The molecule has 26 heavy (non-hydrogen) atoms. The molecular formula is C19H24N2O4S. The Morgan fingerprint density at radius 1 is 1.15 bits per heavy atom. The quantitative estimate of drug-likeness (QED) is 0.518. The standard InChI is InChI=1S/C19H24N2O4S/c1-3-5-6-15-7-10-17(11-8-15)26(23,24)21-20-14-16-9-12-18(22)19(13-16)25-4-2/h7-14,21-22H,3-6H2,1-2H3. The molecule has 0 aromatic heterocycles. The fraction of sp³-hybridized carbons (Fsp3) is 0.316. The summed E-state index contributed by atoms with van der Waals surface area (Å²) < 4.78 is 29.8. The van der Waals surface area contributed by atoms with Crippen molar-refractivity contribution < 1.29 is 18.3 Å². The maximum atomic E-state index is 12.3. The van der Waals surface area contributed by atoms with Crippen molar-refractivity contribution in [2.45, 2.75) is 38.0 Å². The fourth-order valence-electron chi connectivity index (χ4n) is 2.32. The van der Waals surface area contributed by atoms with Gasteiger partial charge >= 0.3 is 0 Å². The number of hydrazone groups is 1. The van der Waals surface area contributed by atoms with Gasteiger partial charge in [0.2, 0.25) is 0 Å². The van der Waals surface area contributed by atoms with E-state index in [1.165, 1.54) is 12.3 Å². The molecule has 0 atom stereocenters. The number of phenols is 1. The van der Waals surface area contributed by atoms with E-state index in [1.54, 1.807) is 24.3 Å². The molecule has 7 heteroatoms. The molecule has 0 aliphatic heterocycles. The molecule has 2 aromatic carbocycles. The fourth-order valence-corrected chi connectivity index (χ4v) is 3.11. The molecule has 0 amide bonds. The molecule has 2 aromatic rings. The number of aromatic hydroxyl groups is 1. The van der Waals surface area contributed by atoms with Gasteiger partial charge in [-0.15, -0.1) is 0 Å². The van der Waals surface area contributed by atoms with Gasteiger partial charge in [-0.2, -0.15) is 13.5 Å². The second-order valence-electron chi connectivity index (χ2n) is 5.76. The van der Waals surface area contributed by atoms with Crippen LogP contribution in [0.15, 0.2) is 52.5 Å². The number of nitrogens with zero attached hydrogens (tertiary/aromatic N) is 1. The summed E-state index contributed by atoms with van der Waals surface area (Å²) in [4.78, 5) is 2.35. The number of phenolic OH excluding ortho intramolecular Hbond substituents is 1. The number of unbranched alkanes of at least 4 members (excludes halogenated alkanes) is 1. The molecule has 0 saturated carbocycles. The van der Waals surface area contributed by atoms with Gasteiger partial charge in [-0.25, -0.2) is 4.83 Å². The van der Waals surface area contributed by atoms with E-state index < -0.39 is 10.0 Å². The third kappa shape index (κ3) is 5.49. The average Bonchev–Trinajstić information content (AvgIpc) is 2.63. The summed E-state index contributed by atoms with van der Waals surface area (Å²) in [5, 5.41) is 13.5. The average molecular weight is 376 g/mol. The van der Waals surface area contributed by atoms with Gasteiger partial charge in [-0.05, 0) is 61.2 Å². The highest BCUT2D eigenvalue weighted by Crippen LogP contribution is 2.26. The number of hydrogen-bond donors (Lipinski definition) is 2. The Bertz CT molecular complexity index is 846. The number of benzene rings is 2. The highest BCUT2D eigenvalue weighted by molar-refractivity contribution is 7.89. The zero-order valence-electron chi connectivity index (χ0n) is 15.0. The minimum Gasteiger partial charge on any atom is -0.504 e. The Kier molecular flexibility index (Phi) is 7.03. The Morgan fingerprint density at radius 3 is 2.54 bits per heavy atom. The lowest BCUT2D eigenvalue weighted by Crippen LogP contribution is -2.18. The van der Waals surface area contributed by atoms with Crippen molar-refractivity contribution in [3.8, 4) is 11.5 Å². The van der Waals surface area contributed by atoms with E-state index in [4.69, 9.17) is 4.74 Å². The molecule has 0 radical (unpaired) electrons. The van der Waals surface area contributed by atoms with Crippen LogP contribution in [-0.4, -0.2) is 26.3 Å². The maximum Gasteiger partial charge on any atom is 0.276 e. The van der Waals surface area contributed by atoms with Crippen LogP contribution in [-0.2, 0) is 16.4 Å². The molecule has 2 rings (SSSR count). The highest BCUT2D eigenvalue weighted by Gasteiger charge is 2.12. The normalized spacial score (nSPS) is 11.6. The van der Waals surface area contributed by atoms with Crippen LogP contribution in [0, 0.1) is 0 Å². The summed E-state index contributed by atoms with van der Waals surface area (Å²) in [6.45, 7) is 4.34. The van der Waals surface area contributed by atoms with Gasteiger partial charge in [-0.1, -0.05) is 25.5 Å². The van der Waals surface area contributed by atoms with Crippen LogP contribution in [0.2, 0.25) is 0 Å². The third-order valence-electron chi connectivity index (χ3n) is 3.72. The lowest BCUT2D eigenvalue weighted by atomic mass is 10.1. The first-order valence-electron chi connectivity index (χ1n) is 8.56. The third-order valence-corrected chi connectivity index (χ3v) is 4.96. The van der Waals surface area contributed by atoms with Crippen molar-refractivity contribution in [1.29, 1.82) is 0 Å². The lowest BCUT2D eigenvalue weighted by Gasteiger charge is -2.07. The Labute approximate surface area is 154 Å². The van der Waals surface area contributed by atoms with Crippen molar-refractivity contribution in [1.82, 2.24) is 4.83 Å². The van der Waals surface area contributed by atoms with Gasteiger partial charge in [0.05, 0.1) is 17.7 Å². The van der Waals surface area contributed by atoms with Gasteiger partial charge in [0.1, 0.15) is 0 Å². The second-order valence-corrected chi connectivity index (χ2v) is 7.42. The summed E-state index contributed by atoms with van der Waals surface area (Å²) in [7, 11) is -3.72.